The fourth-order valence-corrected chi connectivity index (χ4v) is 9.59. The molecule has 0 bridgehead atoms. The summed E-state index contributed by atoms with van der Waals surface area (Å²) < 4.78 is 132. The lowest BCUT2D eigenvalue weighted by atomic mass is 9.85. The first-order chi connectivity index (χ1) is 35.0. The number of hydrogen-bond donors (Lipinski definition) is 0. The predicted octanol–water partition coefficient (Wildman–Crippen LogP) is 13.6. The number of amides is 1. The summed E-state index contributed by atoms with van der Waals surface area (Å²) in [6.45, 7) is 2.58. The summed E-state index contributed by atoms with van der Waals surface area (Å²) in [5, 5.41) is 7.86. The molecule has 7 heterocycles. The second kappa shape index (κ2) is 19.9. The van der Waals surface area contributed by atoms with Crippen LogP contribution in [0.5, 0.6) is 11.5 Å². The monoisotopic (exact) mass is 1170 g/mol. The Balaban J connectivity index is 0.000000184. The Labute approximate surface area is 446 Å². The van der Waals surface area contributed by atoms with E-state index in [1.165, 1.54) is 62.5 Å². The van der Waals surface area contributed by atoms with E-state index in [1.807, 2.05) is 0 Å². The van der Waals surface area contributed by atoms with E-state index in [0.29, 0.717) is 6.42 Å². The molecule has 4 unspecified atom stereocenters. The number of likely N-dealkylation sites (tertiary alicyclic amines) is 1. The van der Waals surface area contributed by atoms with Crippen LogP contribution < -0.4 is 9.47 Å². The molecule has 8 aromatic rings. The molecule has 2 aliphatic rings. The van der Waals surface area contributed by atoms with E-state index in [9.17, 15) is 44.7 Å². The normalized spacial score (nSPS) is 20.5. The largest absolute Gasteiger partial charge is 0.489 e. The maximum atomic E-state index is 14.6. The third kappa shape index (κ3) is 11.2. The molecule has 2 fully saturated rings. The number of halogens is 14. The van der Waals surface area contributed by atoms with Gasteiger partial charge in [-0.25, -0.2) is 18.7 Å². The van der Waals surface area contributed by atoms with Crippen LogP contribution in [0, 0.1) is 0 Å². The molecule has 394 valence electrons. The zero-order valence-corrected chi connectivity index (χ0v) is 42.8. The SMILES string of the molecule is CC1(F)CC(Oc2cc(Cl)c(-c3noc(-c4cn5cc(C(F)(F)F)cc(Cl)c5n4)n3)cc2Cl)CCC1=O.CN1CC(Oc2cc(Cl)c(-c3noc(-c4cn5cc(C(F)(F)F)cc(Cl)c5n4)n3)cc2Cl)CC(C)(F)C1=O. The van der Waals surface area contributed by atoms with Crippen molar-refractivity contribution >= 4 is 92.6 Å². The molecule has 15 nitrogen and oxygen atoms in total. The summed E-state index contributed by atoms with van der Waals surface area (Å²) >= 11 is 37.5. The Morgan fingerprint density at radius 1 is 0.600 bits per heavy atom. The van der Waals surface area contributed by atoms with Gasteiger partial charge in [0.1, 0.15) is 35.1 Å². The van der Waals surface area contributed by atoms with Crippen LogP contribution in [0.15, 0.2) is 70.2 Å². The van der Waals surface area contributed by atoms with Gasteiger partial charge in [0.05, 0.1) is 47.8 Å². The Bertz CT molecular complexity index is 3560. The molecule has 0 radical (unpaired) electrons. The van der Waals surface area contributed by atoms with Crippen LogP contribution in [0.2, 0.25) is 30.1 Å². The number of ether oxygens (including phenoxy) is 2. The Morgan fingerprint density at radius 3 is 1.47 bits per heavy atom. The number of carbonyl (C=O) groups excluding carboxylic acids is 2. The molecular weight excluding hydrogens is 1140 g/mol. The van der Waals surface area contributed by atoms with E-state index in [4.69, 9.17) is 88.1 Å². The van der Waals surface area contributed by atoms with Crippen LogP contribution in [0.1, 0.15) is 50.7 Å². The number of likely N-dealkylation sites (N-methyl/N-ethyl adjacent to an activating group) is 1. The van der Waals surface area contributed by atoms with E-state index in [-0.39, 0.29) is 125 Å². The highest BCUT2D eigenvalue weighted by atomic mass is 35.5. The first-order valence-electron chi connectivity index (χ1n) is 21.7. The molecule has 1 saturated carbocycles. The number of piperidine rings is 1. The maximum Gasteiger partial charge on any atom is 0.417 e. The van der Waals surface area contributed by atoms with Crippen LogP contribution in [0.4, 0.5) is 35.1 Å². The highest BCUT2D eigenvalue weighted by molar-refractivity contribution is 6.37. The highest BCUT2D eigenvalue weighted by Gasteiger charge is 2.44. The molecule has 0 N–H and O–H groups in total. The minimum absolute atomic E-state index is 0.0249. The van der Waals surface area contributed by atoms with Gasteiger partial charge in [-0.15, -0.1) is 0 Å². The van der Waals surface area contributed by atoms with Crippen molar-refractivity contribution in [1.29, 1.82) is 0 Å². The number of alkyl halides is 8. The summed E-state index contributed by atoms with van der Waals surface area (Å²) in [4.78, 5) is 41.7. The van der Waals surface area contributed by atoms with E-state index in [2.05, 4.69) is 30.2 Å². The minimum Gasteiger partial charge on any atom is -0.489 e. The number of hydrogen-bond acceptors (Lipinski definition) is 12. The standard InChI is InChI=1S/C23H16Cl3F4N5O3.C23H15Cl3F4N4O3/c1-22(27)6-11(8-34(2)21(22)36)37-17-5-13(24)12(4-14(17)25)18-32-20(38-33-18)16-9-35-7-10(23(28,29)30)3-15(26)19(35)31-16;1-22(27)7-11(2-3-18(22)35)36-17-6-13(24)12(5-14(17)25)19-32-21(37-33-19)16-9-34-8-10(23(28,29)30)4-15(26)20(34)31-16/h3-5,7,9,11H,6,8H2,1-2H3;4-6,8-9,11H,2-3,7H2,1H3. The van der Waals surface area contributed by atoms with E-state index >= 15 is 0 Å². The van der Waals surface area contributed by atoms with Gasteiger partial charge in [0.2, 0.25) is 11.6 Å². The zero-order chi connectivity index (χ0) is 54.3. The molecule has 75 heavy (non-hydrogen) atoms. The number of ketones is 1. The number of Topliss-reactive ketones (excluding diaryl/α,β-unsaturated/α-hetero) is 1. The van der Waals surface area contributed by atoms with Gasteiger partial charge in [0, 0.05) is 74.4 Å². The minimum atomic E-state index is -4.60. The van der Waals surface area contributed by atoms with Gasteiger partial charge in [-0.1, -0.05) is 79.9 Å². The summed E-state index contributed by atoms with van der Waals surface area (Å²) in [6, 6.07) is 7.24. The summed E-state index contributed by atoms with van der Waals surface area (Å²) in [6.07, 6.45) is -6.06. The second-order valence-corrected chi connectivity index (χ2v) is 20.1. The van der Waals surface area contributed by atoms with E-state index in [0.717, 1.165) is 33.3 Å². The van der Waals surface area contributed by atoms with E-state index in [1.54, 1.807) is 0 Å². The van der Waals surface area contributed by atoms with Crippen molar-refractivity contribution in [3.63, 3.8) is 0 Å². The third-order valence-corrected chi connectivity index (χ3v) is 13.6. The highest BCUT2D eigenvalue weighted by Crippen LogP contribution is 2.42. The smallest absolute Gasteiger partial charge is 0.417 e. The number of fused-ring (bicyclic) bond motifs is 2. The van der Waals surface area contributed by atoms with Gasteiger partial charge >= 0.3 is 12.4 Å². The number of carbonyl (C=O) groups is 2. The van der Waals surface area contributed by atoms with Gasteiger partial charge in [0.25, 0.3) is 17.7 Å². The molecule has 1 saturated heterocycles. The Hall–Kier alpha value is -5.98. The number of pyridine rings is 2. The molecular formula is C46H31Cl6F8N9O6. The molecule has 1 aliphatic heterocycles. The van der Waals surface area contributed by atoms with Gasteiger partial charge < -0.3 is 32.2 Å². The molecule has 6 aromatic heterocycles. The maximum absolute atomic E-state index is 14.6. The van der Waals surface area contributed by atoms with E-state index < -0.39 is 58.7 Å². The van der Waals surface area contributed by atoms with Crippen molar-refractivity contribution in [2.24, 2.45) is 0 Å². The third-order valence-electron chi connectivity index (χ3n) is 11.8. The van der Waals surface area contributed by atoms with Crippen LogP contribution in [0.3, 0.4) is 0 Å². The molecule has 29 heteroatoms. The van der Waals surface area contributed by atoms with Crippen LogP contribution >= 0.6 is 69.6 Å². The zero-order valence-electron chi connectivity index (χ0n) is 38.2. The summed E-state index contributed by atoms with van der Waals surface area (Å²) in [5.74, 6) is -0.855. The van der Waals surface area contributed by atoms with Gasteiger partial charge in [-0.3, -0.25) is 9.59 Å². The first kappa shape index (κ1) is 53.8. The van der Waals surface area contributed by atoms with Crippen molar-refractivity contribution in [2.75, 3.05) is 13.6 Å². The van der Waals surface area contributed by atoms with Crippen molar-refractivity contribution in [3.05, 3.63) is 102 Å². The van der Waals surface area contributed by atoms with Crippen LogP contribution in [-0.2, 0) is 21.9 Å². The van der Waals surface area contributed by atoms with Crippen molar-refractivity contribution in [3.8, 4) is 57.4 Å². The fourth-order valence-electron chi connectivity index (χ4n) is 8.18. The van der Waals surface area contributed by atoms with Gasteiger partial charge in [-0.2, -0.15) is 36.3 Å². The fraction of sp³-hybridized carbons (Fsp3) is 0.304. The van der Waals surface area contributed by atoms with Crippen molar-refractivity contribution < 1.29 is 63.2 Å². The lowest BCUT2D eigenvalue weighted by molar-refractivity contribution is -0.150. The number of imidazole rings is 2. The lowest BCUT2D eigenvalue weighted by Gasteiger charge is -2.37. The van der Waals surface area contributed by atoms with Gasteiger partial charge in [0.15, 0.2) is 28.4 Å². The summed E-state index contributed by atoms with van der Waals surface area (Å²) in [7, 11) is 1.48. The average Bonchev–Trinajstić information content (AvgIpc) is 4.15. The Kier molecular flexibility index (Phi) is 14.3. The number of benzene rings is 2. The quantitative estimate of drug-likeness (QED) is 0.132. The molecule has 1 amide bonds. The molecule has 10 rings (SSSR count). The van der Waals surface area contributed by atoms with Crippen molar-refractivity contribution in [1.82, 2.24) is 44.0 Å². The van der Waals surface area contributed by atoms with Gasteiger partial charge in [-0.05, 0) is 44.5 Å². The molecule has 4 atom stereocenters. The van der Waals surface area contributed by atoms with Crippen molar-refractivity contribution in [2.45, 2.75) is 75.4 Å². The molecule has 2 aromatic carbocycles. The summed E-state index contributed by atoms with van der Waals surface area (Å²) in [5.41, 5.74) is -5.09. The Morgan fingerprint density at radius 2 is 1.04 bits per heavy atom. The number of rotatable bonds is 8. The topological polar surface area (TPSA) is 168 Å². The average molecular weight is 1170 g/mol. The van der Waals surface area contributed by atoms with Crippen LogP contribution in [0.25, 0.3) is 57.2 Å². The molecule has 1 aliphatic carbocycles. The second-order valence-electron chi connectivity index (χ2n) is 17.7. The number of aromatic nitrogens is 8. The number of nitrogens with zero attached hydrogens (tertiary/aromatic N) is 9. The molecule has 0 spiro atoms. The lowest BCUT2D eigenvalue weighted by Crippen LogP contribution is -2.54. The van der Waals surface area contributed by atoms with Crippen LogP contribution in [-0.4, -0.2) is 92.8 Å². The first-order valence-corrected chi connectivity index (χ1v) is 24.0. The predicted molar refractivity (Wildman–Crippen MR) is 257 cm³/mol.